The van der Waals surface area contributed by atoms with Gasteiger partial charge in [-0.3, -0.25) is 4.99 Å². The minimum atomic E-state index is -0.0896. The van der Waals surface area contributed by atoms with Crippen LogP contribution in [0, 0.1) is 0 Å². The number of aliphatic hydroxyl groups excluding tert-OH is 1. The Hall–Kier alpha value is -2.10. The molecule has 20 heavy (non-hydrogen) atoms. The minimum Gasteiger partial charge on any atom is -0.390 e. The number of nitrogens with one attached hydrogen (secondary N) is 1. The lowest BCUT2D eigenvalue weighted by Gasteiger charge is -2.12. The van der Waals surface area contributed by atoms with Gasteiger partial charge in [0.05, 0.1) is 18.0 Å². The number of hydrogen-bond donors (Lipinski definition) is 2. The summed E-state index contributed by atoms with van der Waals surface area (Å²) in [6, 6.07) is 15.5. The molecule has 0 aliphatic carbocycles. The van der Waals surface area contributed by atoms with Gasteiger partial charge >= 0.3 is 0 Å². The molecule has 4 heteroatoms. The summed E-state index contributed by atoms with van der Waals surface area (Å²) in [5.74, 6) is 0. The number of rotatable bonds is 2. The average Bonchev–Trinajstić information content (AvgIpc) is 2.67. The molecule has 1 heterocycles. The van der Waals surface area contributed by atoms with Crippen LogP contribution in [0.25, 0.3) is 0 Å². The molecule has 0 unspecified atom stereocenters. The molecular formula is C16H13ClN2O. The maximum absolute atomic E-state index is 9.33. The van der Waals surface area contributed by atoms with E-state index in [-0.39, 0.29) is 6.61 Å². The van der Waals surface area contributed by atoms with Crippen LogP contribution in [0.1, 0.15) is 11.1 Å². The van der Waals surface area contributed by atoms with E-state index in [0.29, 0.717) is 10.7 Å². The Morgan fingerprint density at radius 2 is 1.90 bits per heavy atom. The van der Waals surface area contributed by atoms with Crippen LogP contribution in [0.5, 0.6) is 0 Å². The molecule has 2 aromatic carbocycles. The van der Waals surface area contributed by atoms with Gasteiger partial charge in [-0.2, -0.15) is 0 Å². The maximum atomic E-state index is 9.33. The number of aliphatic imine (C=N–C) groups is 1. The Kier molecular flexibility index (Phi) is 3.54. The van der Waals surface area contributed by atoms with Crippen LogP contribution in [-0.4, -0.2) is 17.4 Å². The van der Waals surface area contributed by atoms with Gasteiger partial charge in [0.25, 0.3) is 0 Å². The predicted molar refractivity (Wildman–Crippen MR) is 82.3 cm³/mol. The van der Waals surface area contributed by atoms with Gasteiger partial charge in [-0.15, -0.1) is 0 Å². The fourth-order valence-corrected chi connectivity index (χ4v) is 2.32. The summed E-state index contributed by atoms with van der Waals surface area (Å²) in [7, 11) is 0. The van der Waals surface area contributed by atoms with Crippen molar-refractivity contribution in [3.8, 4) is 0 Å². The highest BCUT2D eigenvalue weighted by atomic mass is 35.5. The molecule has 2 N–H and O–H groups in total. The van der Waals surface area contributed by atoms with E-state index >= 15 is 0 Å². The van der Waals surface area contributed by atoms with E-state index in [2.05, 4.69) is 10.3 Å². The molecule has 1 aliphatic rings. The monoisotopic (exact) mass is 284 g/mol. The molecule has 3 nitrogen and oxygen atoms in total. The van der Waals surface area contributed by atoms with Crippen LogP contribution in [0.4, 0.5) is 5.69 Å². The van der Waals surface area contributed by atoms with Crippen LogP contribution in [0.15, 0.2) is 65.4 Å². The lowest BCUT2D eigenvalue weighted by molar-refractivity contribution is 0.332. The van der Waals surface area contributed by atoms with Gasteiger partial charge in [0, 0.05) is 28.0 Å². The SMILES string of the molecule is OCC1=CN=C(c2ccccc2)c2cc(Cl)ccc2N1. The van der Waals surface area contributed by atoms with E-state index in [1.54, 1.807) is 6.20 Å². The summed E-state index contributed by atoms with van der Waals surface area (Å²) in [6.07, 6.45) is 1.65. The molecule has 100 valence electrons. The number of fused-ring (bicyclic) bond motifs is 1. The van der Waals surface area contributed by atoms with Crippen LogP contribution >= 0.6 is 11.6 Å². The Morgan fingerprint density at radius 1 is 1.10 bits per heavy atom. The molecule has 3 rings (SSSR count). The first-order valence-electron chi connectivity index (χ1n) is 6.28. The van der Waals surface area contributed by atoms with Crippen molar-refractivity contribution in [3.63, 3.8) is 0 Å². The highest BCUT2D eigenvalue weighted by Gasteiger charge is 2.15. The van der Waals surface area contributed by atoms with Gasteiger partial charge < -0.3 is 10.4 Å². The molecule has 0 fully saturated rings. The fraction of sp³-hybridized carbons (Fsp3) is 0.0625. The third-order valence-electron chi connectivity index (χ3n) is 3.10. The molecule has 0 atom stereocenters. The third kappa shape index (κ3) is 2.46. The van der Waals surface area contributed by atoms with Gasteiger partial charge in [0.1, 0.15) is 0 Å². The normalized spacial score (nSPS) is 13.7. The van der Waals surface area contributed by atoms with Gasteiger partial charge in [0.2, 0.25) is 0 Å². The highest BCUT2D eigenvalue weighted by Crippen LogP contribution is 2.27. The number of nitrogens with zero attached hydrogens (tertiary/aromatic N) is 1. The standard InChI is InChI=1S/C16H13ClN2O/c17-12-6-7-15-14(8-12)16(11-4-2-1-3-5-11)18-9-13(10-20)19-15/h1-9,19-20H,10H2. The van der Waals surface area contributed by atoms with Crippen molar-refractivity contribution in [2.45, 2.75) is 0 Å². The molecule has 1 aliphatic heterocycles. The number of anilines is 1. The first-order valence-corrected chi connectivity index (χ1v) is 6.66. The van der Waals surface area contributed by atoms with Crippen molar-refractivity contribution in [1.82, 2.24) is 0 Å². The maximum Gasteiger partial charge on any atom is 0.0846 e. The lowest BCUT2D eigenvalue weighted by atomic mass is 10.0. The number of hydrogen-bond acceptors (Lipinski definition) is 3. The smallest absolute Gasteiger partial charge is 0.0846 e. The van der Waals surface area contributed by atoms with E-state index in [9.17, 15) is 5.11 Å². The second-order valence-corrected chi connectivity index (χ2v) is 4.91. The largest absolute Gasteiger partial charge is 0.390 e. The summed E-state index contributed by atoms with van der Waals surface area (Å²) < 4.78 is 0. The summed E-state index contributed by atoms with van der Waals surface area (Å²) >= 11 is 6.10. The number of benzene rings is 2. The highest BCUT2D eigenvalue weighted by molar-refractivity contribution is 6.31. The second kappa shape index (κ2) is 5.49. The molecule has 0 aromatic heterocycles. The van der Waals surface area contributed by atoms with Crippen LogP contribution < -0.4 is 5.32 Å². The minimum absolute atomic E-state index is 0.0896. The average molecular weight is 285 g/mol. The van der Waals surface area contributed by atoms with Crippen LogP contribution in [0.3, 0.4) is 0 Å². The Labute approximate surface area is 122 Å². The predicted octanol–water partition coefficient (Wildman–Crippen LogP) is 3.44. The van der Waals surface area contributed by atoms with Crippen molar-refractivity contribution in [3.05, 3.63) is 76.6 Å². The quantitative estimate of drug-likeness (QED) is 0.887. The zero-order valence-corrected chi connectivity index (χ0v) is 11.4. The lowest BCUT2D eigenvalue weighted by Crippen LogP contribution is -2.07. The topological polar surface area (TPSA) is 44.6 Å². The molecule has 0 spiro atoms. The van der Waals surface area contributed by atoms with Gasteiger partial charge in [-0.25, -0.2) is 0 Å². The number of aliphatic hydroxyl groups is 1. The van der Waals surface area contributed by atoms with E-state index < -0.39 is 0 Å². The summed E-state index contributed by atoms with van der Waals surface area (Å²) in [4.78, 5) is 4.50. The van der Waals surface area contributed by atoms with Crippen molar-refractivity contribution in [1.29, 1.82) is 0 Å². The summed E-state index contributed by atoms with van der Waals surface area (Å²) in [5, 5.41) is 13.2. The first-order chi connectivity index (χ1) is 9.78. The molecular weight excluding hydrogens is 272 g/mol. The molecule has 0 radical (unpaired) electrons. The van der Waals surface area contributed by atoms with Crippen molar-refractivity contribution < 1.29 is 5.11 Å². The van der Waals surface area contributed by atoms with Crippen LogP contribution in [-0.2, 0) is 0 Å². The van der Waals surface area contributed by atoms with E-state index in [1.165, 1.54) is 0 Å². The van der Waals surface area contributed by atoms with Crippen molar-refractivity contribution >= 4 is 23.0 Å². The van der Waals surface area contributed by atoms with E-state index in [1.807, 2.05) is 48.5 Å². The Bertz CT molecular complexity index is 693. The van der Waals surface area contributed by atoms with Gasteiger partial charge in [-0.05, 0) is 18.2 Å². The fourth-order valence-electron chi connectivity index (χ4n) is 2.15. The Morgan fingerprint density at radius 3 is 2.65 bits per heavy atom. The molecule has 0 amide bonds. The third-order valence-corrected chi connectivity index (χ3v) is 3.33. The Balaban J connectivity index is 2.19. The van der Waals surface area contributed by atoms with E-state index in [4.69, 9.17) is 11.6 Å². The summed E-state index contributed by atoms with van der Waals surface area (Å²) in [5.41, 5.74) is 4.30. The molecule has 2 aromatic rings. The second-order valence-electron chi connectivity index (χ2n) is 4.47. The zero-order chi connectivity index (χ0) is 13.9. The van der Waals surface area contributed by atoms with Crippen LogP contribution in [0.2, 0.25) is 5.02 Å². The van der Waals surface area contributed by atoms with Gasteiger partial charge in [-0.1, -0.05) is 41.9 Å². The summed E-state index contributed by atoms with van der Waals surface area (Å²) in [6.45, 7) is -0.0896. The van der Waals surface area contributed by atoms with Crippen molar-refractivity contribution in [2.24, 2.45) is 4.99 Å². The zero-order valence-electron chi connectivity index (χ0n) is 10.7. The molecule has 0 bridgehead atoms. The molecule has 0 saturated carbocycles. The van der Waals surface area contributed by atoms with Crippen molar-refractivity contribution in [2.75, 3.05) is 11.9 Å². The first kappa shape index (κ1) is 12.9. The van der Waals surface area contributed by atoms with Gasteiger partial charge in [0.15, 0.2) is 0 Å². The van der Waals surface area contributed by atoms with E-state index in [0.717, 1.165) is 22.5 Å². The molecule has 0 saturated heterocycles. The number of halogens is 1.